The number of hydrogen-bond donors (Lipinski definition) is 4. The standard InChI is InChI=1S/C8H8N4O3/c9-8-11-6-4(7(15)12-8)1-3(10-6)2-5(13)14/h1H,2H2,(H,13,14)(H4,9,10,11,12,15). The van der Waals surface area contributed by atoms with Gasteiger partial charge in [-0.15, -0.1) is 0 Å². The Morgan fingerprint density at radius 2 is 2.27 bits per heavy atom. The van der Waals surface area contributed by atoms with Gasteiger partial charge in [0.1, 0.15) is 5.65 Å². The molecule has 0 atom stereocenters. The fourth-order valence-corrected chi connectivity index (χ4v) is 1.35. The van der Waals surface area contributed by atoms with Crippen molar-refractivity contribution in [1.29, 1.82) is 0 Å². The summed E-state index contributed by atoms with van der Waals surface area (Å²) in [6.45, 7) is 0. The fourth-order valence-electron chi connectivity index (χ4n) is 1.35. The van der Waals surface area contributed by atoms with E-state index in [-0.39, 0.29) is 17.9 Å². The second kappa shape index (κ2) is 3.12. The Morgan fingerprint density at radius 1 is 1.53 bits per heavy atom. The Hall–Kier alpha value is -2.31. The number of carboxylic acid groups (broad SMARTS) is 1. The van der Waals surface area contributed by atoms with Gasteiger partial charge in [-0.3, -0.25) is 14.6 Å². The lowest BCUT2D eigenvalue weighted by Gasteiger charge is -1.91. The normalized spacial score (nSPS) is 10.7. The van der Waals surface area contributed by atoms with Gasteiger partial charge in [0, 0.05) is 5.69 Å². The maximum atomic E-state index is 11.4. The predicted octanol–water partition coefficient (Wildman–Crippen LogP) is -0.540. The number of carboxylic acids is 1. The SMILES string of the molecule is Nc1nc2[nH]c(CC(=O)O)cc2c(=O)[nH]1. The summed E-state index contributed by atoms with van der Waals surface area (Å²) in [7, 11) is 0. The summed E-state index contributed by atoms with van der Waals surface area (Å²) in [6.07, 6.45) is -0.185. The van der Waals surface area contributed by atoms with Gasteiger partial charge in [-0.25, -0.2) is 0 Å². The molecule has 0 unspecified atom stereocenters. The number of nitrogen functional groups attached to an aromatic ring is 1. The number of aromatic amines is 2. The Labute approximate surface area is 82.9 Å². The van der Waals surface area contributed by atoms with Gasteiger partial charge >= 0.3 is 5.97 Å². The molecule has 0 radical (unpaired) electrons. The number of hydrogen-bond acceptors (Lipinski definition) is 4. The second-order valence-corrected chi connectivity index (χ2v) is 3.08. The molecule has 15 heavy (non-hydrogen) atoms. The van der Waals surface area contributed by atoms with E-state index in [0.717, 1.165) is 0 Å². The van der Waals surface area contributed by atoms with Crippen LogP contribution in [0, 0.1) is 0 Å². The van der Waals surface area contributed by atoms with Crippen LogP contribution in [0.1, 0.15) is 5.69 Å². The number of fused-ring (bicyclic) bond motifs is 1. The van der Waals surface area contributed by atoms with Crippen molar-refractivity contribution in [3.8, 4) is 0 Å². The van der Waals surface area contributed by atoms with Crippen molar-refractivity contribution in [1.82, 2.24) is 15.0 Å². The van der Waals surface area contributed by atoms with Crippen LogP contribution in [-0.4, -0.2) is 26.0 Å². The number of rotatable bonds is 2. The molecule has 5 N–H and O–H groups in total. The van der Waals surface area contributed by atoms with E-state index in [4.69, 9.17) is 10.8 Å². The Bertz CT molecular complexity index is 583. The smallest absolute Gasteiger partial charge is 0.309 e. The van der Waals surface area contributed by atoms with E-state index in [1.165, 1.54) is 6.07 Å². The minimum Gasteiger partial charge on any atom is -0.481 e. The van der Waals surface area contributed by atoms with Crippen LogP contribution < -0.4 is 11.3 Å². The maximum absolute atomic E-state index is 11.4. The van der Waals surface area contributed by atoms with Crippen LogP contribution >= 0.6 is 0 Å². The third-order valence-corrected chi connectivity index (χ3v) is 1.91. The summed E-state index contributed by atoms with van der Waals surface area (Å²) in [5, 5.41) is 8.87. The summed E-state index contributed by atoms with van der Waals surface area (Å²) in [6, 6.07) is 1.45. The molecule has 78 valence electrons. The van der Waals surface area contributed by atoms with E-state index in [9.17, 15) is 9.59 Å². The molecule has 0 bridgehead atoms. The van der Waals surface area contributed by atoms with E-state index in [1.54, 1.807) is 0 Å². The van der Waals surface area contributed by atoms with Crippen molar-refractivity contribution < 1.29 is 9.90 Å². The van der Waals surface area contributed by atoms with Crippen molar-refractivity contribution in [2.45, 2.75) is 6.42 Å². The zero-order valence-corrected chi connectivity index (χ0v) is 7.57. The van der Waals surface area contributed by atoms with Gasteiger partial charge in [0.25, 0.3) is 5.56 Å². The monoisotopic (exact) mass is 208 g/mol. The molecule has 0 aliphatic heterocycles. The number of aliphatic carboxylic acids is 1. The van der Waals surface area contributed by atoms with E-state index in [1.807, 2.05) is 0 Å². The van der Waals surface area contributed by atoms with Crippen LogP contribution in [0.25, 0.3) is 11.0 Å². The number of anilines is 1. The molecule has 0 aliphatic carbocycles. The van der Waals surface area contributed by atoms with Gasteiger partial charge < -0.3 is 15.8 Å². The molecule has 0 aromatic carbocycles. The Morgan fingerprint density at radius 3 is 2.93 bits per heavy atom. The van der Waals surface area contributed by atoms with Gasteiger partial charge in [0.2, 0.25) is 5.95 Å². The second-order valence-electron chi connectivity index (χ2n) is 3.08. The van der Waals surface area contributed by atoms with E-state index < -0.39 is 5.97 Å². The summed E-state index contributed by atoms with van der Waals surface area (Å²) < 4.78 is 0. The van der Waals surface area contributed by atoms with Crippen LogP contribution in [0.2, 0.25) is 0 Å². The molecule has 0 amide bonds. The zero-order valence-electron chi connectivity index (χ0n) is 7.57. The number of nitrogens with zero attached hydrogens (tertiary/aromatic N) is 1. The third kappa shape index (κ3) is 1.66. The number of H-pyrrole nitrogens is 2. The number of nitrogens with two attached hydrogens (primary N) is 1. The lowest BCUT2D eigenvalue weighted by Crippen LogP contribution is -2.09. The van der Waals surface area contributed by atoms with Crippen molar-refractivity contribution >= 4 is 23.0 Å². The lowest BCUT2D eigenvalue weighted by atomic mass is 10.3. The minimum atomic E-state index is -0.981. The molecule has 0 fully saturated rings. The predicted molar refractivity (Wildman–Crippen MR) is 52.5 cm³/mol. The van der Waals surface area contributed by atoms with Crippen LogP contribution in [0.3, 0.4) is 0 Å². The van der Waals surface area contributed by atoms with Crippen LogP contribution in [0.5, 0.6) is 0 Å². The minimum absolute atomic E-state index is 0.00350. The molecule has 0 spiro atoms. The number of nitrogens with one attached hydrogen (secondary N) is 2. The van der Waals surface area contributed by atoms with Crippen molar-refractivity contribution in [2.24, 2.45) is 0 Å². The molecular weight excluding hydrogens is 200 g/mol. The van der Waals surface area contributed by atoms with Crippen LogP contribution in [0.15, 0.2) is 10.9 Å². The summed E-state index contributed by atoms with van der Waals surface area (Å²) in [4.78, 5) is 30.7. The third-order valence-electron chi connectivity index (χ3n) is 1.91. The molecule has 2 aromatic heterocycles. The first kappa shape index (κ1) is 9.25. The Kier molecular flexibility index (Phi) is 1.93. The number of aromatic nitrogens is 3. The fraction of sp³-hybridized carbons (Fsp3) is 0.125. The highest BCUT2D eigenvalue weighted by atomic mass is 16.4. The first-order valence-electron chi connectivity index (χ1n) is 4.15. The highest BCUT2D eigenvalue weighted by Gasteiger charge is 2.08. The first-order valence-corrected chi connectivity index (χ1v) is 4.15. The highest BCUT2D eigenvalue weighted by Crippen LogP contribution is 2.09. The average Bonchev–Trinajstić information content (AvgIpc) is 2.45. The van der Waals surface area contributed by atoms with Gasteiger partial charge in [-0.1, -0.05) is 0 Å². The first-order chi connectivity index (χ1) is 7.06. The molecular formula is C8H8N4O3. The summed E-state index contributed by atoms with van der Waals surface area (Å²) >= 11 is 0. The largest absolute Gasteiger partial charge is 0.481 e. The van der Waals surface area contributed by atoms with E-state index >= 15 is 0 Å². The lowest BCUT2D eigenvalue weighted by molar-refractivity contribution is -0.136. The van der Waals surface area contributed by atoms with Crippen molar-refractivity contribution in [3.63, 3.8) is 0 Å². The maximum Gasteiger partial charge on any atom is 0.309 e. The zero-order chi connectivity index (χ0) is 11.0. The molecule has 7 nitrogen and oxygen atoms in total. The van der Waals surface area contributed by atoms with Gasteiger partial charge in [0.05, 0.1) is 11.8 Å². The Balaban J connectivity index is 2.60. The molecule has 2 rings (SSSR count). The average molecular weight is 208 g/mol. The molecule has 7 heteroatoms. The van der Waals surface area contributed by atoms with Gasteiger partial charge in [-0.05, 0) is 6.07 Å². The van der Waals surface area contributed by atoms with Gasteiger partial charge in [0.15, 0.2) is 0 Å². The molecule has 2 aromatic rings. The van der Waals surface area contributed by atoms with E-state index in [0.29, 0.717) is 16.7 Å². The molecule has 0 aliphatic rings. The summed E-state index contributed by atoms with van der Waals surface area (Å²) in [5.41, 5.74) is 5.66. The highest BCUT2D eigenvalue weighted by molar-refractivity contribution is 5.79. The van der Waals surface area contributed by atoms with Crippen LogP contribution in [0.4, 0.5) is 5.95 Å². The van der Waals surface area contributed by atoms with Gasteiger partial charge in [-0.2, -0.15) is 4.98 Å². The van der Waals surface area contributed by atoms with Crippen LogP contribution in [-0.2, 0) is 11.2 Å². The molecule has 0 saturated carbocycles. The molecule has 2 heterocycles. The van der Waals surface area contributed by atoms with Crippen molar-refractivity contribution in [3.05, 3.63) is 22.1 Å². The van der Waals surface area contributed by atoms with Crippen molar-refractivity contribution in [2.75, 3.05) is 5.73 Å². The van der Waals surface area contributed by atoms with E-state index in [2.05, 4.69) is 15.0 Å². The quantitative estimate of drug-likeness (QED) is 0.527. The summed E-state index contributed by atoms with van der Waals surface area (Å²) in [5.74, 6) is -0.984. The number of carbonyl (C=O) groups is 1. The molecule has 0 saturated heterocycles. The topological polar surface area (TPSA) is 125 Å².